The predicted molar refractivity (Wildman–Crippen MR) is 80.8 cm³/mol. The molecule has 110 valence electrons. The van der Waals surface area contributed by atoms with Crippen LogP contribution in [-0.4, -0.2) is 22.2 Å². The molecule has 3 N–H and O–H groups in total. The maximum absolute atomic E-state index is 11.9. The first kappa shape index (κ1) is 13.6. The van der Waals surface area contributed by atoms with Gasteiger partial charge in [0.1, 0.15) is 0 Å². The summed E-state index contributed by atoms with van der Waals surface area (Å²) in [5.74, 6) is 4.95. The van der Waals surface area contributed by atoms with Crippen LogP contribution in [0.5, 0.6) is 0 Å². The molecular formula is C15H19N5O. The van der Waals surface area contributed by atoms with Gasteiger partial charge in [-0.1, -0.05) is 18.2 Å². The number of hydrazine groups is 1. The number of carbonyl (C=O) groups excluding carboxylic acids is 1. The second-order valence-electron chi connectivity index (χ2n) is 5.07. The Kier molecular flexibility index (Phi) is 3.62. The lowest BCUT2D eigenvalue weighted by atomic mass is 10.0. The zero-order valence-electron chi connectivity index (χ0n) is 12.0. The molecule has 1 amide bonds. The van der Waals surface area contributed by atoms with Crippen LogP contribution in [0.3, 0.4) is 0 Å². The number of para-hydroxylation sites is 1. The molecule has 0 saturated carbocycles. The van der Waals surface area contributed by atoms with Gasteiger partial charge in [-0.05, 0) is 19.1 Å². The maximum atomic E-state index is 11.9. The van der Waals surface area contributed by atoms with Gasteiger partial charge in [-0.2, -0.15) is 5.10 Å². The third-order valence-corrected chi connectivity index (χ3v) is 3.90. The molecule has 0 atom stereocenters. The van der Waals surface area contributed by atoms with E-state index in [4.69, 9.17) is 5.84 Å². The van der Waals surface area contributed by atoms with E-state index in [1.165, 1.54) is 0 Å². The summed E-state index contributed by atoms with van der Waals surface area (Å²) in [5, 5.41) is 4.41. The lowest BCUT2D eigenvalue weighted by molar-refractivity contribution is 0.0947. The van der Waals surface area contributed by atoms with Gasteiger partial charge in [-0.15, -0.1) is 0 Å². The van der Waals surface area contributed by atoms with E-state index in [-0.39, 0.29) is 5.91 Å². The standard InChI is InChI=1S/C15H19N5O/c1-2-20-13-8-9-19(11-6-4-3-5-7-11)10-12(13)14(18-20)15(21)17-16/h3-7H,2,8-10,16H2,1H3,(H,17,21). The van der Waals surface area contributed by atoms with Crippen LogP contribution in [-0.2, 0) is 19.5 Å². The molecule has 0 bridgehead atoms. The Labute approximate surface area is 123 Å². The van der Waals surface area contributed by atoms with Gasteiger partial charge in [0, 0.05) is 43.0 Å². The lowest BCUT2D eigenvalue weighted by Crippen LogP contribution is -2.34. The van der Waals surface area contributed by atoms with Crippen LogP contribution in [0, 0.1) is 0 Å². The number of fused-ring (bicyclic) bond motifs is 1. The number of amides is 1. The molecule has 2 aromatic rings. The Morgan fingerprint density at radius 3 is 2.81 bits per heavy atom. The van der Waals surface area contributed by atoms with Gasteiger partial charge < -0.3 is 4.90 Å². The molecule has 21 heavy (non-hydrogen) atoms. The van der Waals surface area contributed by atoms with Gasteiger partial charge in [-0.3, -0.25) is 14.9 Å². The number of aromatic nitrogens is 2. The SMILES string of the molecule is CCn1nc(C(=O)NN)c2c1CCN(c1ccccc1)C2. The number of nitrogens with two attached hydrogens (primary N) is 1. The first-order valence-electron chi connectivity index (χ1n) is 7.14. The second-order valence-corrected chi connectivity index (χ2v) is 5.07. The number of nitrogens with zero attached hydrogens (tertiary/aromatic N) is 3. The fourth-order valence-corrected chi connectivity index (χ4v) is 2.86. The summed E-state index contributed by atoms with van der Waals surface area (Å²) in [6.45, 7) is 4.39. The summed E-state index contributed by atoms with van der Waals surface area (Å²) < 4.78 is 1.90. The van der Waals surface area contributed by atoms with Crippen molar-refractivity contribution in [1.82, 2.24) is 15.2 Å². The van der Waals surface area contributed by atoms with Crippen LogP contribution >= 0.6 is 0 Å². The molecule has 1 aliphatic rings. The van der Waals surface area contributed by atoms with Crippen molar-refractivity contribution >= 4 is 11.6 Å². The molecule has 1 aromatic carbocycles. The average Bonchev–Trinajstić information content (AvgIpc) is 2.93. The Hall–Kier alpha value is -2.34. The third-order valence-electron chi connectivity index (χ3n) is 3.90. The van der Waals surface area contributed by atoms with Gasteiger partial charge in [-0.25, -0.2) is 5.84 Å². The molecule has 3 rings (SSSR count). The minimum absolute atomic E-state index is 0.326. The van der Waals surface area contributed by atoms with Gasteiger partial charge in [0.25, 0.3) is 5.91 Å². The highest BCUT2D eigenvalue weighted by molar-refractivity contribution is 5.93. The number of nitrogens with one attached hydrogen (secondary N) is 1. The lowest BCUT2D eigenvalue weighted by Gasteiger charge is -2.29. The second kappa shape index (κ2) is 5.57. The van der Waals surface area contributed by atoms with Crippen molar-refractivity contribution in [3.05, 3.63) is 47.3 Å². The van der Waals surface area contributed by atoms with Crippen molar-refractivity contribution in [1.29, 1.82) is 0 Å². The number of benzene rings is 1. The minimum Gasteiger partial charge on any atom is -0.367 e. The van der Waals surface area contributed by atoms with E-state index < -0.39 is 0 Å². The molecule has 0 fully saturated rings. The molecule has 2 heterocycles. The fraction of sp³-hybridized carbons (Fsp3) is 0.333. The summed E-state index contributed by atoms with van der Waals surface area (Å²) in [6, 6.07) is 10.2. The summed E-state index contributed by atoms with van der Waals surface area (Å²) in [4.78, 5) is 14.2. The number of nitrogen functional groups attached to an aromatic ring is 1. The highest BCUT2D eigenvalue weighted by atomic mass is 16.2. The first-order valence-corrected chi connectivity index (χ1v) is 7.14. The quantitative estimate of drug-likeness (QED) is 0.502. The van der Waals surface area contributed by atoms with Crippen molar-refractivity contribution in [2.45, 2.75) is 26.4 Å². The van der Waals surface area contributed by atoms with Crippen LogP contribution in [0.1, 0.15) is 28.7 Å². The summed E-state index contributed by atoms with van der Waals surface area (Å²) in [6.07, 6.45) is 0.878. The number of anilines is 1. The van der Waals surface area contributed by atoms with Crippen molar-refractivity contribution < 1.29 is 4.79 Å². The van der Waals surface area contributed by atoms with Crippen LogP contribution in [0.2, 0.25) is 0 Å². The van der Waals surface area contributed by atoms with E-state index in [1.54, 1.807) is 0 Å². The van der Waals surface area contributed by atoms with E-state index in [9.17, 15) is 4.79 Å². The normalized spacial score (nSPS) is 13.9. The molecule has 0 spiro atoms. The zero-order chi connectivity index (χ0) is 14.8. The van der Waals surface area contributed by atoms with Crippen LogP contribution in [0.15, 0.2) is 30.3 Å². The summed E-state index contributed by atoms with van der Waals surface area (Å²) >= 11 is 0. The predicted octanol–water partition coefficient (Wildman–Crippen LogP) is 1.07. The molecular weight excluding hydrogens is 266 g/mol. The Balaban J connectivity index is 1.97. The van der Waals surface area contributed by atoms with Crippen molar-refractivity contribution in [3.63, 3.8) is 0 Å². The highest BCUT2D eigenvalue weighted by Gasteiger charge is 2.27. The van der Waals surface area contributed by atoms with Crippen molar-refractivity contribution in [3.8, 4) is 0 Å². The maximum Gasteiger partial charge on any atom is 0.286 e. The first-order chi connectivity index (χ1) is 10.2. The van der Waals surface area contributed by atoms with Crippen molar-refractivity contribution in [2.75, 3.05) is 11.4 Å². The smallest absolute Gasteiger partial charge is 0.286 e. The van der Waals surface area contributed by atoms with E-state index in [0.717, 1.165) is 36.5 Å². The van der Waals surface area contributed by atoms with Gasteiger partial charge >= 0.3 is 0 Å². The summed E-state index contributed by atoms with van der Waals surface area (Å²) in [7, 11) is 0. The third kappa shape index (κ3) is 2.38. The van der Waals surface area contributed by atoms with E-state index >= 15 is 0 Å². The number of rotatable bonds is 3. The zero-order valence-corrected chi connectivity index (χ0v) is 12.0. The van der Waals surface area contributed by atoms with Crippen molar-refractivity contribution in [2.24, 2.45) is 5.84 Å². The highest BCUT2D eigenvalue weighted by Crippen LogP contribution is 2.26. The minimum atomic E-state index is -0.326. The van der Waals surface area contributed by atoms with Crippen LogP contribution < -0.4 is 16.2 Å². The van der Waals surface area contributed by atoms with Gasteiger partial charge in [0.15, 0.2) is 5.69 Å². The molecule has 1 aromatic heterocycles. The van der Waals surface area contributed by atoms with Crippen LogP contribution in [0.25, 0.3) is 0 Å². The molecule has 1 aliphatic heterocycles. The number of hydrogen-bond donors (Lipinski definition) is 2. The molecule has 0 saturated heterocycles. The molecule has 6 heteroatoms. The average molecular weight is 285 g/mol. The number of aryl methyl sites for hydroxylation is 1. The molecule has 0 aliphatic carbocycles. The van der Waals surface area contributed by atoms with E-state index in [1.807, 2.05) is 29.8 Å². The largest absolute Gasteiger partial charge is 0.367 e. The number of hydrogen-bond acceptors (Lipinski definition) is 4. The topological polar surface area (TPSA) is 76.2 Å². The van der Waals surface area contributed by atoms with E-state index in [0.29, 0.717) is 12.2 Å². The Morgan fingerprint density at radius 1 is 1.38 bits per heavy atom. The molecule has 0 radical (unpaired) electrons. The van der Waals surface area contributed by atoms with Gasteiger partial charge in [0.05, 0.1) is 0 Å². The molecule has 0 unspecified atom stereocenters. The Bertz CT molecular complexity index is 650. The van der Waals surface area contributed by atoms with Gasteiger partial charge in [0.2, 0.25) is 0 Å². The monoisotopic (exact) mass is 285 g/mol. The Morgan fingerprint density at radius 2 is 2.14 bits per heavy atom. The van der Waals surface area contributed by atoms with Crippen LogP contribution in [0.4, 0.5) is 5.69 Å². The van der Waals surface area contributed by atoms with E-state index in [2.05, 4.69) is 27.6 Å². The fourth-order valence-electron chi connectivity index (χ4n) is 2.86. The number of carbonyl (C=O) groups is 1. The summed E-state index contributed by atoms with van der Waals surface area (Å²) in [5.41, 5.74) is 5.91. The molecule has 6 nitrogen and oxygen atoms in total.